The van der Waals surface area contributed by atoms with Gasteiger partial charge in [-0.1, -0.05) is 18.2 Å². The molecule has 1 heterocycles. The minimum atomic E-state index is -0.156. The average molecular weight is 232 g/mol. The highest BCUT2D eigenvalue weighted by Crippen LogP contribution is 2.26. The van der Waals surface area contributed by atoms with Gasteiger partial charge >= 0.3 is 0 Å². The number of rotatable bonds is 2. The third kappa shape index (κ3) is 2.99. The van der Waals surface area contributed by atoms with Gasteiger partial charge in [0.1, 0.15) is 0 Å². The molecule has 3 nitrogen and oxygen atoms in total. The fourth-order valence-electron chi connectivity index (χ4n) is 2.20. The number of amides is 1. The van der Waals surface area contributed by atoms with Gasteiger partial charge in [0.25, 0.3) is 0 Å². The van der Waals surface area contributed by atoms with Crippen molar-refractivity contribution in [3.63, 3.8) is 0 Å². The van der Waals surface area contributed by atoms with Crippen LogP contribution < -0.4 is 10.2 Å². The number of fused-ring (bicyclic) bond motifs is 1. The maximum Gasteiger partial charge on any atom is 0.239 e. The summed E-state index contributed by atoms with van der Waals surface area (Å²) in [7, 11) is 0. The number of benzene rings is 1. The zero-order valence-corrected chi connectivity index (χ0v) is 10.8. The Balaban J connectivity index is 2.00. The molecular formula is C14H20N2O. The minimum Gasteiger partial charge on any atom is -0.362 e. The van der Waals surface area contributed by atoms with Gasteiger partial charge in [-0.2, -0.15) is 0 Å². The molecule has 0 atom stereocenters. The molecule has 17 heavy (non-hydrogen) atoms. The number of carbonyl (C=O) groups excluding carboxylic acids is 1. The average Bonchev–Trinajstić information content (AvgIpc) is 2.59. The molecule has 0 fully saturated rings. The van der Waals surface area contributed by atoms with Gasteiger partial charge in [-0.05, 0) is 38.8 Å². The van der Waals surface area contributed by atoms with Crippen LogP contribution in [0.5, 0.6) is 0 Å². The lowest BCUT2D eigenvalue weighted by Crippen LogP contribution is -2.45. The highest BCUT2D eigenvalue weighted by Gasteiger charge is 2.22. The second-order valence-corrected chi connectivity index (χ2v) is 5.60. The maximum atomic E-state index is 11.9. The van der Waals surface area contributed by atoms with Crippen molar-refractivity contribution >= 4 is 11.6 Å². The monoisotopic (exact) mass is 232 g/mol. The van der Waals surface area contributed by atoms with Crippen molar-refractivity contribution < 1.29 is 4.79 Å². The largest absolute Gasteiger partial charge is 0.362 e. The van der Waals surface area contributed by atoms with E-state index in [0.29, 0.717) is 6.54 Å². The molecule has 1 aliphatic heterocycles. The van der Waals surface area contributed by atoms with E-state index in [0.717, 1.165) is 13.0 Å². The molecule has 1 N–H and O–H groups in total. The van der Waals surface area contributed by atoms with Crippen LogP contribution in [0.25, 0.3) is 0 Å². The van der Waals surface area contributed by atoms with E-state index in [-0.39, 0.29) is 11.4 Å². The molecule has 1 aromatic rings. The van der Waals surface area contributed by atoms with E-state index in [9.17, 15) is 4.79 Å². The van der Waals surface area contributed by atoms with Gasteiger partial charge in [-0.25, -0.2) is 0 Å². The molecule has 2 rings (SSSR count). The molecule has 1 aromatic carbocycles. The number of hydrogen-bond donors (Lipinski definition) is 1. The smallest absolute Gasteiger partial charge is 0.239 e. The number of carbonyl (C=O) groups is 1. The predicted octanol–water partition coefficient (Wildman–Crippen LogP) is 1.96. The number of nitrogens with one attached hydrogen (secondary N) is 1. The molecule has 1 amide bonds. The van der Waals surface area contributed by atoms with Gasteiger partial charge in [0.2, 0.25) is 5.91 Å². The standard InChI is InChI=1S/C14H20N2O/c1-14(2,3)15-13(17)10-16-9-8-11-6-4-5-7-12(11)16/h4-7H,8-10H2,1-3H3,(H,15,17). The maximum absolute atomic E-state index is 11.9. The first-order valence-electron chi connectivity index (χ1n) is 6.09. The van der Waals surface area contributed by atoms with Crippen molar-refractivity contribution in [2.75, 3.05) is 18.0 Å². The zero-order chi connectivity index (χ0) is 12.5. The third-order valence-electron chi connectivity index (χ3n) is 2.83. The van der Waals surface area contributed by atoms with Gasteiger partial charge in [0.05, 0.1) is 6.54 Å². The summed E-state index contributed by atoms with van der Waals surface area (Å²) in [6.45, 7) is 7.40. The van der Waals surface area contributed by atoms with Gasteiger partial charge in [0, 0.05) is 17.8 Å². The molecule has 0 aromatic heterocycles. The lowest BCUT2D eigenvalue weighted by molar-refractivity contribution is -0.121. The van der Waals surface area contributed by atoms with Crippen LogP contribution in [0.15, 0.2) is 24.3 Å². The lowest BCUT2D eigenvalue weighted by atomic mass is 10.1. The minimum absolute atomic E-state index is 0.0919. The van der Waals surface area contributed by atoms with Crippen LogP contribution in [0, 0.1) is 0 Å². The molecule has 92 valence electrons. The zero-order valence-electron chi connectivity index (χ0n) is 10.8. The number of hydrogen-bond acceptors (Lipinski definition) is 2. The first-order chi connectivity index (χ1) is 7.96. The second-order valence-electron chi connectivity index (χ2n) is 5.60. The molecule has 0 saturated carbocycles. The van der Waals surface area contributed by atoms with E-state index >= 15 is 0 Å². The summed E-state index contributed by atoms with van der Waals surface area (Å²) in [6.07, 6.45) is 1.04. The Bertz CT molecular complexity index is 420. The molecule has 0 spiro atoms. The summed E-state index contributed by atoms with van der Waals surface area (Å²) < 4.78 is 0. The molecule has 0 unspecified atom stereocenters. The Morgan fingerprint density at radius 2 is 2.06 bits per heavy atom. The second kappa shape index (κ2) is 4.40. The van der Waals surface area contributed by atoms with E-state index in [1.165, 1.54) is 11.3 Å². The van der Waals surface area contributed by atoms with Gasteiger partial charge in [-0.15, -0.1) is 0 Å². The number of nitrogens with zero attached hydrogens (tertiary/aromatic N) is 1. The molecular weight excluding hydrogens is 212 g/mol. The van der Waals surface area contributed by atoms with Crippen molar-refractivity contribution in [2.24, 2.45) is 0 Å². The van der Waals surface area contributed by atoms with Crippen molar-refractivity contribution in [1.82, 2.24) is 5.32 Å². The van der Waals surface area contributed by atoms with E-state index < -0.39 is 0 Å². The van der Waals surface area contributed by atoms with Crippen LogP contribution in [0.4, 0.5) is 5.69 Å². The topological polar surface area (TPSA) is 32.3 Å². The first kappa shape index (κ1) is 12.0. The molecule has 0 aliphatic carbocycles. The summed E-state index contributed by atoms with van der Waals surface area (Å²) in [5.41, 5.74) is 2.39. The van der Waals surface area contributed by atoms with E-state index in [1.54, 1.807) is 0 Å². The van der Waals surface area contributed by atoms with E-state index in [1.807, 2.05) is 26.8 Å². The normalized spacial score (nSPS) is 14.6. The highest BCUT2D eigenvalue weighted by molar-refractivity contribution is 5.82. The summed E-state index contributed by atoms with van der Waals surface area (Å²) >= 11 is 0. The fourth-order valence-corrected chi connectivity index (χ4v) is 2.20. The summed E-state index contributed by atoms with van der Waals surface area (Å²) in [5, 5.41) is 3.00. The van der Waals surface area contributed by atoms with Gasteiger partial charge < -0.3 is 10.2 Å². The van der Waals surface area contributed by atoms with Crippen molar-refractivity contribution in [2.45, 2.75) is 32.7 Å². The van der Waals surface area contributed by atoms with Crippen LogP contribution >= 0.6 is 0 Å². The van der Waals surface area contributed by atoms with Crippen LogP contribution in [0.2, 0.25) is 0 Å². The van der Waals surface area contributed by atoms with Crippen molar-refractivity contribution in [3.8, 4) is 0 Å². The van der Waals surface area contributed by atoms with Gasteiger partial charge in [-0.3, -0.25) is 4.79 Å². The number of anilines is 1. The Morgan fingerprint density at radius 3 is 2.76 bits per heavy atom. The van der Waals surface area contributed by atoms with Gasteiger partial charge in [0.15, 0.2) is 0 Å². The molecule has 3 heteroatoms. The van der Waals surface area contributed by atoms with E-state index in [4.69, 9.17) is 0 Å². The molecule has 1 aliphatic rings. The Morgan fingerprint density at radius 1 is 1.35 bits per heavy atom. The van der Waals surface area contributed by atoms with Crippen LogP contribution in [-0.4, -0.2) is 24.5 Å². The highest BCUT2D eigenvalue weighted by atomic mass is 16.2. The van der Waals surface area contributed by atoms with Crippen LogP contribution in [0.3, 0.4) is 0 Å². The third-order valence-corrected chi connectivity index (χ3v) is 2.83. The van der Waals surface area contributed by atoms with Crippen molar-refractivity contribution in [1.29, 1.82) is 0 Å². The number of para-hydroxylation sites is 1. The summed E-state index contributed by atoms with van der Waals surface area (Å²) in [6, 6.07) is 8.31. The summed E-state index contributed by atoms with van der Waals surface area (Å²) in [4.78, 5) is 14.0. The molecule has 0 radical (unpaired) electrons. The van der Waals surface area contributed by atoms with Crippen LogP contribution in [0.1, 0.15) is 26.3 Å². The molecule has 0 bridgehead atoms. The fraction of sp³-hybridized carbons (Fsp3) is 0.500. The lowest BCUT2D eigenvalue weighted by Gasteiger charge is -2.24. The Hall–Kier alpha value is -1.51. The van der Waals surface area contributed by atoms with E-state index in [2.05, 4.69) is 28.4 Å². The Kier molecular flexibility index (Phi) is 3.09. The van der Waals surface area contributed by atoms with Crippen molar-refractivity contribution in [3.05, 3.63) is 29.8 Å². The first-order valence-corrected chi connectivity index (χ1v) is 6.09. The summed E-state index contributed by atoms with van der Waals surface area (Å²) in [5.74, 6) is 0.0919. The predicted molar refractivity (Wildman–Crippen MR) is 70.3 cm³/mol. The SMILES string of the molecule is CC(C)(C)NC(=O)CN1CCc2ccccc21. The van der Waals surface area contributed by atoms with Crippen LogP contribution in [-0.2, 0) is 11.2 Å². The quantitative estimate of drug-likeness (QED) is 0.845. The molecule has 0 saturated heterocycles. The Labute approximate surface area is 103 Å².